The number of hydrogen-bond donors (Lipinski definition) is 1. The normalized spacial score (nSPS) is 13.7. The van der Waals surface area contributed by atoms with E-state index < -0.39 is 0 Å². The maximum absolute atomic E-state index is 12.0. The Morgan fingerprint density at radius 2 is 2.29 bits per heavy atom. The average Bonchev–Trinajstić information content (AvgIpc) is 3.24. The van der Waals surface area contributed by atoms with Crippen LogP contribution in [0.3, 0.4) is 0 Å². The fraction of sp³-hybridized carbons (Fsp3) is 0.308. The number of rotatable bonds is 5. The highest BCUT2D eigenvalue weighted by Gasteiger charge is 2.28. The van der Waals surface area contributed by atoms with Crippen molar-refractivity contribution in [1.82, 2.24) is 20.2 Å². The lowest BCUT2D eigenvalue weighted by Gasteiger charge is -2.06. The van der Waals surface area contributed by atoms with Crippen molar-refractivity contribution in [3.8, 4) is 6.07 Å². The minimum absolute atomic E-state index is 0.187. The van der Waals surface area contributed by atoms with Gasteiger partial charge in [0.15, 0.2) is 0 Å². The molecule has 1 aliphatic rings. The van der Waals surface area contributed by atoms with Gasteiger partial charge in [0.25, 0.3) is 0 Å². The highest BCUT2D eigenvalue weighted by Crippen LogP contribution is 2.36. The molecule has 0 aliphatic heterocycles. The molecule has 7 nitrogen and oxygen atoms in total. The quantitative estimate of drug-likeness (QED) is 0.843. The number of para-hydroxylation sites is 1. The zero-order valence-electron chi connectivity index (χ0n) is 11.1. The number of tetrazole rings is 1. The molecule has 3 rings (SSSR count). The number of carbonyl (C=O) groups excluding carboxylic acids is 1. The molecule has 1 saturated carbocycles. The Kier molecular flexibility index (Phi) is 3.83. The summed E-state index contributed by atoms with van der Waals surface area (Å²) in [7, 11) is 0. The summed E-state index contributed by atoms with van der Waals surface area (Å²) in [6, 6.07) is 9.32. The van der Waals surface area contributed by atoms with Crippen LogP contribution in [0.5, 0.6) is 0 Å². The summed E-state index contributed by atoms with van der Waals surface area (Å²) in [5.41, 5.74) is 0.964. The van der Waals surface area contributed by atoms with E-state index in [1.54, 1.807) is 28.9 Å². The van der Waals surface area contributed by atoms with E-state index in [9.17, 15) is 4.79 Å². The maximum atomic E-state index is 12.0. The monoisotopic (exact) mass is 300 g/mol. The van der Waals surface area contributed by atoms with Crippen molar-refractivity contribution in [3.05, 3.63) is 29.8 Å². The number of nitriles is 1. The lowest BCUT2D eigenvalue weighted by Crippen LogP contribution is -2.15. The number of thioether (sulfide) groups is 1. The molecule has 8 heteroatoms. The lowest BCUT2D eigenvalue weighted by molar-refractivity contribution is -0.113. The summed E-state index contributed by atoms with van der Waals surface area (Å²) in [5, 5.41) is 23.9. The van der Waals surface area contributed by atoms with E-state index in [0.29, 0.717) is 22.4 Å². The van der Waals surface area contributed by atoms with E-state index in [-0.39, 0.29) is 11.7 Å². The predicted octanol–water partition coefficient (Wildman–Crippen LogP) is 1.61. The van der Waals surface area contributed by atoms with Gasteiger partial charge in [0.05, 0.1) is 23.0 Å². The molecule has 0 radical (unpaired) electrons. The minimum atomic E-state index is -0.187. The molecule has 0 spiro atoms. The van der Waals surface area contributed by atoms with Crippen LogP contribution in [-0.2, 0) is 4.79 Å². The fourth-order valence-corrected chi connectivity index (χ4v) is 2.58. The Bertz CT molecular complexity index is 703. The third-order valence-electron chi connectivity index (χ3n) is 3.01. The molecule has 1 fully saturated rings. The van der Waals surface area contributed by atoms with Crippen LogP contribution >= 0.6 is 11.8 Å². The van der Waals surface area contributed by atoms with Crippen molar-refractivity contribution in [2.45, 2.75) is 24.0 Å². The number of nitrogens with one attached hydrogen (secondary N) is 1. The van der Waals surface area contributed by atoms with Crippen LogP contribution in [0.1, 0.15) is 24.4 Å². The summed E-state index contributed by atoms with van der Waals surface area (Å²) in [4.78, 5) is 12.0. The van der Waals surface area contributed by atoms with E-state index in [0.717, 1.165) is 12.8 Å². The van der Waals surface area contributed by atoms with Crippen molar-refractivity contribution >= 4 is 23.4 Å². The standard InChI is InChI=1S/C13H12N6OS/c14-7-9-3-1-2-4-11(9)15-12(20)8-21-13-16-17-18-19(13)10-5-6-10/h1-4,10H,5-6,8H2,(H,15,20). The van der Waals surface area contributed by atoms with Crippen LogP contribution in [0.25, 0.3) is 0 Å². The first-order valence-corrected chi connectivity index (χ1v) is 7.46. The largest absolute Gasteiger partial charge is 0.324 e. The molecule has 1 heterocycles. The van der Waals surface area contributed by atoms with Crippen molar-refractivity contribution in [1.29, 1.82) is 5.26 Å². The number of benzene rings is 1. The summed E-state index contributed by atoms with van der Waals surface area (Å²) < 4.78 is 1.77. The van der Waals surface area contributed by atoms with E-state index in [1.165, 1.54) is 11.8 Å². The molecule has 106 valence electrons. The zero-order valence-corrected chi connectivity index (χ0v) is 11.9. The van der Waals surface area contributed by atoms with Crippen LogP contribution < -0.4 is 5.32 Å². The summed E-state index contributed by atoms with van der Waals surface area (Å²) in [6.07, 6.45) is 2.17. The van der Waals surface area contributed by atoms with Crippen molar-refractivity contribution in [2.75, 3.05) is 11.1 Å². The van der Waals surface area contributed by atoms with Gasteiger partial charge in [0, 0.05) is 0 Å². The van der Waals surface area contributed by atoms with Crippen LogP contribution in [0.4, 0.5) is 5.69 Å². The highest BCUT2D eigenvalue weighted by molar-refractivity contribution is 7.99. The molecule has 0 unspecified atom stereocenters. The maximum Gasteiger partial charge on any atom is 0.234 e. The van der Waals surface area contributed by atoms with Gasteiger partial charge in [-0.2, -0.15) is 5.26 Å². The molecule has 2 aromatic rings. The summed E-state index contributed by atoms with van der Waals surface area (Å²) in [5.74, 6) is 0.0143. The molecule has 1 amide bonds. The van der Waals surface area contributed by atoms with E-state index in [4.69, 9.17) is 5.26 Å². The van der Waals surface area contributed by atoms with Gasteiger partial charge in [-0.1, -0.05) is 23.9 Å². The third kappa shape index (κ3) is 3.20. The van der Waals surface area contributed by atoms with Gasteiger partial charge in [0.2, 0.25) is 11.1 Å². The van der Waals surface area contributed by atoms with Crippen LogP contribution in [0, 0.1) is 11.3 Å². The first kappa shape index (κ1) is 13.6. The topological polar surface area (TPSA) is 96.5 Å². The lowest BCUT2D eigenvalue weighted by atomic mass is 10.2. The molecule has 21 heavy (non-hydrogen) atoms. The van der Waals surface area contributed by atoms with Crippen LogP contribution in [0.2, 0.25) is 0 Å². The number of amides is 1. The highest BCUT2D eigenvalue weighted by atomic mass is 32.2. The number of aromatic nitrogens is 4. The van der Waals surface area contributed by atoms with Gasteiger partial charge in [-0.3, -0.25) is 4.79 Å². The van der Waals surface area contributed by atoms with Crippen molar-refractivity contribution in [2.24, 2.45) is 0 Å². The first-order chi connectivity index (χ1) is 10.3. The van der Waals surface area contributed by atoms with Gasteiger partial charge in [-0.25, -0.2) is 4.68 Å². The van der Waals surface area contributed by atoms with E-state index in [2.05, 4.69) is 20.8 Å². The Hall–Kier alpha value is -2.40. The predicted molar refractivity (Wildman–Crippen MR) is 76.6 cm³/mol. The van der Waals surface area contributed by atoms with Gasteiger partial charge in [-0.05, 0) is 35.4 Å². The Labute approximate surface area is 125 Å². The molecule has 1 N–H and O–H groups in total. The average molecular weight is 300 g/mol. The van der Waals surface area contributed by atoms with Crippen molar-refractivity contribution in [3.63, 3.8) is 0 Å². The molecule has 1 aromatic carbocycles. The minimum Gasteiger partial charge on any atom is -0.324 e. The Morgan fingerprint density at radius 3 is 3.05 bits per heavy atom. The SMILES string of the molecule is N#Cc1ccccc1NC(=O)CSc1nnnn1C1CC1. The van der Waals surface area contributed by atoms with Gasteiger partial charge >= 0.3 is 0 Å². The molecule has 1 aromatic heterocycles. The second-order valence-electron chi connectivity index (χ2n) is 4.63. The van der Waals surface area contributed by atoms with Gasteiger partial charge < -0.3 is 5.32 Å². The number of hydrogen-bond acceptors (Lipinski definition) is 6. The molecule has 0 bridgehead atoms. The zero-order chi connectivity index (χ0) is 14.7. The summed E-state index contributed by atoms with van der Waals surface area (Å²) >= 11 is 1.29. The molecule has 1 aliphatic carbocycles. The van der Waals surface area contributed by atoms with Gasteiger partial charge in [0.1, 0.15) is 6.07 Å². The summed E-state index contributed by atoms with van der Waals surface area (Å²) in [6.45, 7) is 0. The fourth-order valence-electron chi connectivity index (χ4n) is 1.83. The molecule has 0 atom stereocenters. The third-order valence-corrected chi connectivity index (χ3v) is 3.94. The molecular weight excluding hydrogens is 288 g/mol. The number of nitrogens with zero attached hydrogens (tertiary/aromatic N) is 5. The molecule has 0 saturated heterocycles. The number of anilines is 1. The number of carbonyl (C=O) groups is 1. The van der Waals surface area contributed by atoms with Crippen LogP contribution in [0.15, 0.2) is 29.4 Å². The first-order valence-electron chi connectivity index (χ1n) is 6.47. The van der Waals surface area contributed by atoms with E-state index >= 15 is 0 Å². The Balaban J connectivity index is 1.59. The Morgan fingerprint density at radius 1 is 1.48 bits per heavy atom. The smallest absolute Gasteiger partial charge is 0.234 e. The second-order valence-corrected chi connectivity index (χ2v) is 5.57. The van der Waals surface area contributed by atoms with Crippen LogP contribution in [-0.4, -0.2) is 31.9 Å². The van der Waals surface area contributed by atoms with Gasteiger partial charge in [-0.15, -0.1) is 5.10 Å². The molecular formula is C13H12N6OS. The second kappa shape index (κ2) is 5.93. The van der Waals surface area contributed by atoms with Crippen molar-refractivity contribution < 1.29 is 4.79 Å². The van der Waals surface area contributed by atoms with E-state index in [1.807, 2.05) is 6.07 Å².